The monoisotopic (exact) mass is 536 g/mol. The minimum Gasteiger partial charge on any atom is -0.493 e. The van der Waals surface area contributed by atoms with Crippen LogP contribution in [-0.4, -0.2) is 37.4 Å². The van der Waals surface area contributed by atoms with Gasteiger partial charge in [-0.2, -0.15) is 13.2 Å². The molecule has 36 heavy (non-hydrogen) atoms. The molecule has 0 spiro atoms. The van der Waals surface area contributed by atoms with Gasteiger partial charge in [0.2, 0.25) is 0 Å². The SMILES string of the molecule is COc1cc2c(cc1OC)C(COc1cccc(C(F)(F)F)c1)N(C(=S)Nc1ccccc1Cl)CC2. The maximum atomic E-state index is 13.2. The largest absolute Gasteiger partial charge is 0.493 e. The third-order valence-electron chi connectivity index (χ3n) is 5.95. The molecule has 1 aliphatic heterocycles. The number of rotatable bonds is 6. The van der Waals surface area contributed by atoms with Crippen LogP contribution in [0.5, 0.6) is 17.2 Å². The predicted octanol–water partition coefficient (Wildman–Crippen LogP) is 6.75. The van der Waals surface area contributed by atoms with E-state index >= 15 is 0 Å². The van der Waals surface area contributed by atoms with Gasteiger partial charge in [0, 0.05) is 6.54 Å². The average Bonchev–Trinajstić information content (AvgIpc) is 2.87. The Kier molecular flexibility index (Phi) is 7.80. The molecule has 0 saturated heterocycles. The van der Waals surface area contributed by atoms with Crippen LogP contribution in [-0.2, 0) is 12.6 Å². The van der Waals surface area contributed by atoms with Crippen LogP contribution in [0.15, 0.2) is 60.7 Å². The van der Waals surface area contributed by atoms with E-state index < -0.39 is 17.8 Å². The summed E-state index contributed by atoms with van der Waals surface area (Å²) in [6.45, 7) is 0.601. The van der Waals surface area contributed by atoms with Crippen LogP contribution in [0.4, 0.5) is 18.9 Å². The first-order valence-electron chi connectivity index (χ1n) is 11.1. The van der Waals surface area contributed by atoms with Crippen molar-refractivity contribution in [1.29, 1.82) is 0 Å². The molecule has 0 aliphatic carbocycles. The summed E-state index contributed by atoms with van der Waals surface area (Å²) in [7, 11) is 3.11. The molecule has 3 aromatic rings. The van der Waals surface area contributed by atoms with Gasteiger partial charge in [0.1, 0.15) is 12.4 Å². The highest BCUT2D eigenvalue weighted by atomic mass is 35.5. The molecule has 3 aromatic carbocycles. The highest BCUT2D eigenvalue weighted by Crippen LogP contribution is 2.39. The van der Waals surface area contributed by atoms with Gasteiger partial charge in [-0.15, -0.1) is 0 Å². The number of anilines is 1. The van der Waals surface area contributed by atoms with E-state index in [1.807, 2.05) is 35.2 Å². The van der Waals surface area contributed by atoms with Gasteiger partial charge in [-0.1, -0.05) is 29.8 Å². The van der Waals surface area contributed by atoms with Crippen molar-refractivity contribution in [2.75, 3.05) is 32.7 Å². The number of para-hydroxylation sites is 1. The Morgan fingerprint density at radius 2 is 1.78 bits per heavy atom. The van der Waals surface area contributed by atoms with Gasteiger partial charge in [0.05, 0.1) is 36.5 Å². The summed E-state index contributed by atoms with van der Waals surface area (Å²) in [5.41, 5.74) is 1.78. The summed E-state index contributed by atoms with van der Waals surface area (Å²) in [6, 6.07) is 15.4. The molecule has 0 amide bonds. The summed E-state index contributed by atoms with van der Waals surface area (Å²) < 4.78 is 56.4. The zero-order chi connectivity index (χ0) is 25.9. The highest BCUT2D eigenvalue weighted by Gasteiger charge is 2.33. The molecular formula is C26H24ClF3N2O3S. The van der Waals surface area contributed by atoms with Crippen molar-refractivity contribution in [3.05, 3.63) is 82.4 Å². The molecule has 4 rings (SSSR count). The van der Waals surface area contributed by atoms with Crippen LogP contribution in [0, 0.1) is 0 Å². The van der Waals surface area contributed by atoms with Crippen molar-refractivity contribution in [2.45, 2.75) is 18.6 Å². The van der Waals surface area contributed by atoms with Crippen LogP contribution in [0.25, 0.3) is 0 Å². The summed E-state index contributed by atoms with van der Waals surface area (Å²) in [4.78, 5) is 1.94. The first-order chi connectivity index (χ1) is 17.2. The molecule has 1 N–H and O–H groups in total. The maximum absolute atomic E-state index is 13.2. The average molecular weight is 537 g/mol. The molecular weight excluding hydrogens is 513 g/mol. The summed E-state index contributed by atoms with van der Waals surface area (Å²) in [5, 5.41) is 4.12. The molecule has 0 bridgehead atoms. The van der Waals surface area contributed by atoms with E-state index in [1.54, 1.807) is 20.3 Å². The molecule has 1 aliphatic rings. The summed E-state index contributed by atoms with van der Waals surface area (Å²) >= 11 is 12.0. The molecule has 190 valence electrons. The van der Waals surface area contributed by atoms with E-state index in [2.05, 4.69) is 5.32 Å². The van der Waals surface area contributed by atoms with Crippen LogP contribution in [0.2, 0.25) is 5.02 Å². The Hall–Kier alpha value is -3.17. The zero-order valence-corrected chi connectivity index (χ0v) is 21.1. The van der Waals surface area contributed by atoms with Gasteiger partial charge in [-0.05, 0) is 72.2 Å². The number of hydrogen-bond donors (Lipinski definition) is 1. The Labute approximate surface area is 217 Å². The number of benzene rings is 3. The lowest BCUT2D eigenvalue weighted by atomic mass is 9.92. The number of methoxy groups -OCH3 is 2. The van der Waals surface area contributed by atoms with Crippen molar-refractivity contribution < 1.29 is 27.4 Å². The summed E-state index contributed by atoms with van der Waals surface area (Å²) in [5.74, 6) is 1.24. The molecule has 1 heterocycles. The van der Waals surface area contributed by atoms with Gasteiger partial charge >= 0.3 is 6.18 Å². The number of nitrogens with one attached hydrogen (secondary N) is 1. The van der Waals surface area contributed by atoms with E-state index in [0.29, 0.717) is 40.3 Å². The number of halogens is 4. The third-order valence-corrected chi connectivity index (χ3v) is 6.61. The lowest BCUT2D eigenvalue weighted by Gasteiger charge is -2.39. The smallest absolute Gasteiger partial charge is 0.416 e. The molecule has 5 nitrogen and oxygen atoms in total. The van der Waals surface area contributed by atoms with E-state index in [9.17, 15) is 13.2 Å². The second-order valence-electron chi connectivity index (χ2n) is 8.11. The number of thiocarbonyl (C=S) groups is 1. The van der Waals surface area contributed by atoms with Crippen LogP contribution >= 0.6 is 23.8 Å². The van der Waals surface area contributed by atoms with Crippen molar-refractivity contribution >= 4 is 34.6 Å². The van der Waals surface area contributed by atoms with Gasteiger partial charge in [0.15, 0.2) is 16.6 Å². The van der Waals surface area contributed by atoms with Gasteiger partial charge < -0.3 is 24.4 Å². The first-order valence-corrected chi connectivity index (χ1v) is 11.9. The third kappa shape index (κ3) is 5.63. The van der Waals surface area contributed by atoms with Crippen LogP contribution in [0.1, 0.15) is 22.7 Å². The summed E-state index contributed by atoms with van der Waals surface area (Å²) in [6.07, 6.45) is -3.80. The second kappa shape index (κ2) is 10.8. The quantitative estimate of drug-likeness (QED) is 0.351. The van der Waals surface area contributed by atoms with Crippen molar-refractivity contribution in [3.63, 3.8) is 0 Å². The Bertz CT molecular complexity index is 1260. The molecule has 0 radical (unpaired) electrons. The minimum absolute atomic E-state index is 0.0497. The molecule has 10 heteroatoms. The standard InChI is InChI=1S/C26H24ClF3N2O3S/c1-33-23-12-16-10-11-32(25(36)31-21-9-4-3-8-20(21)27)22(19(16)14-24(23)34-2)15-35-18-7-5-6-17(13-18)26(28,29)30/h3-9,12-14,22H,10-11,15H2,1-2H3,(H,31,36). The molecule has 1 atom stereocenters. The first kappa shape index (κ1) is 25.9. The van der Waals surface area contributed by atoms with E-state index in [-0.39, 0.29) is 12.4 Å². The lowest BCUT2D eigenvalue weighted by molar-refractivity contribution is -0.137. The fourth-order valence-corrected chi connectivity index (χ4v) is 4.65. The minimum atomic E-state index is -4.47. The molecule has 0 saturated carbocycles. The van der Waals surface area contributed by atoms with Crippen molar-refractivity contribution in [3.8, 4) is 17.2 Å². The fourth-order valence-electron chi connectivity index (χ4n) is 4.14. The fraction of sp³-hybridized carbons (Fsp3) is 0.269. The van der Waals surface area contributed by atoms with Crippen LogP contribution in [0.3, 0.4) is 0 Å². The lowest BCUT2D eigenvalue weighted by Crippen LogP contribution is -2.44. The van der Waals surface area contributed by atoms with Gasteiger partial charge in [-0.3, -0.25) is 0 Å². The Balaban J connectivity index is 1.66. The van der Waals surface area contributed by atoms with Crippen molar-refractivity contribution in [2.24, 2.45) is 0 Å². The van der Waals surface area contributed by atoms with E-state index in [1.165, 1.54) is 12.1 Å². The maximum Gasteiger partial charge on any atom is 0.416 e. The predicted molar refractivity (Wildman–Crippen MR) is 137 cm³/mol. The number of alkyl halides is 3. The van der Waals surface area contributed by atoms with E-state index in [4.69, 9.17) is 38.0 Å². The number of hydrogen-bond acceptors (Lipinski definition) is 4. The number of ether oxygens (including phenoxy) is 3. The number of nitrogens with zero attached hydrogens (tertiary/aromatic N) is 1. The molecule has 0 aromatic heterocycles. The normalized spacial score (nSPS) is 15.2. The van der Waals surface area contributed by atoms with Crippen LogP contribution < -0.4 is 19.5 Å². The zero-order valence-electron chi connectivity index (χ0n) is 19.6. The molecule has 0 fully saturated rings. The second-order valence-corrected chi connectivity index (χ2v) is 8.91. The van der Waals surface area contributed by atoms with E-state index in [0.717, 1.165) is 23.3 Å². The van der Waals surface area contributed by atoms with Crippen molar-refractivity contribution in [1.82, 2.24) is 4.90 Å². The van der Waals surface area contributed by atoms with Gasteiger partial charge in [0.25, 0.3) is 0 Å². The highest BCUT2D eigenvalue weighted by molar-refractivity contribution is 7.80. The van der Waals surface area contributed by atoms with Gasteiger partial charge in [-0.25, -0.2) is 0 Å². The molecule has 1 unspecified atom stereocenters. The Morgan fingerprint density at radius 1 is 1.06 bits per heavy atom. The Morgan fingerprint density at radius 3 is 2.47 bits per heavy atom. The topological polar surface area (TPSA) is 43.0 Å². The number of fused-ring (bicyclic) bond motifs is 1.